The van der Waals surface area contributed by atoms with E-state index in [4.69, 9.17) is 9.47 Å². The summed E-state index contributed by atoms with van der Waals surface area (Å²) in [6.45, 7) is 1.94. The summed E-state index contributed by atoms with van der Waals surface area (Å²) < 4.78 is 11.1. The lowest BCUT2D eigenvalue weighted by Gasteiger charge is -2.09. The molecule has 3 nitrogen and oxygen atoms in total. The van der Waals surface area contributed by atoms with Gasteiger partial charge < -0.3 is 9.47 Å². The topological polar surface area (TPSA) is 31.4 Å². The summed E-state index contributed by atoms with van der Waals surface area (Å²) in [5.74, 6) is 1.19. The second-order valence-corrected chi connectivity index (χ2v) is 3.13. The van der Waals surface area contributed by atoms with Crippen LogP contribution in [0.4, 0.5) is 0 Å². The first-order chi connectivity index (χ1) is 5.70. The molecule has 4 heteroatoms. The van der Waals surface area contributed by atoms with Crippen molar-refractivity contribution >= 4 is 15.9 Å². The van der Waals surface area contributed by atoms with E-state index in [9.17, 15) is 0 Å². The Labute approximate surface area is 79.8 Å². The molecule has 0 radical (unpaired) electrons. The average Bonchev–Trinajstić information content (AvgIpc) is 2.09. The van der Waals surface area contributed by atoms with Crippen molar-refractivity contribution in [2.45, 2.75) is 6.92 Å². The lowest BCUT2D eigenvalue weighted by molar-refractivity contribution is 0.340. The highest BCUT2D eigenvalue weighted by Crippen LogP contribution is 2.32. The molecule has 1 aromatic heterocycles. The van der Waals surface area contributed by atoms with E-state index >= 15 is 0 Å². The van der Waals surface area contributed by atoms with E-state index in [1.807, 2.05) is 6.92 Å². The number of pyridine rings is 1. The van der Waals surface area contributed by atoms with Gasteiger partial charge in [0.15, 0.2) is 5.75 Å². The van der Waals surface area contributed by atoms with Gasteiger partial charge in [0.25, 0.3) is 5.88 Å². The van der Waals surface area contributed by atoms with E-state index in [-0.39, 0.29) is 0 Å². The Morgan fingerprint density at radius 1 is 1.33 bits per heavy atom. The summed E-state index contributed by atoms with van der Waals surface area (Å²) in [5.41, 5.74) is 0.990. The fourth-order valence-electron chi connectivity index (χ4n) is 0.925. The molecule has 0 atom stereocenters. The number of aromatic nitrogens is 1. The summed E-state index contributed by atoms with van der Waals surface area (Å²) in [7, 11) is 3.16. The molecule has 0 spiro atoms. The van der Waals surface area contributed by atoms with Gasteiger partial charge >= 0.3 is 0 Å². The Balaban J connectivity index is 3.25. The molecule has 0 aliphatic rings. The summed E-state index contributed by atoms with van der Waals surface area (Å²) in [5, 5.41) is 0. The molecule has 0 aliphatic heterocycles. The quantitative estimate of drug-likeness (QED) is 0.782. The third-order valence-corrected chi connectivity index (χ3v) is 2.39. The maximum atomic E-state index is 5.13. The van der Waals surface area contributed by atoms with Crippen LogP contribution in [0.3, 0.4) is 0 Å². The molecule has 0 N–H and O–H groups in total. The molecular weight excluding hydrogens is 222 g/mol. The fraction of sp³-hybridized carbons (Fsp3) is 0.375. The molecule has 0 saturated heterocycles. The Morgan fingerprint density at radius 2 is 2.00 bits per heavy atom. The molecule has 0 bridgehead atoms. The van der Waals surface area contributed by atoms with Gasteiger partial charge in [-0.25, -0.2) is 4.98 Å². The lowest BCUT2D eigenvalue weighted by Crippen LogP contribution is -1.96. The Bertz CT molecular complexity index is 289. The third kappa shape index (κ3) is 1.53. The molecule has 0 aromatic carbocycles. The Hall–Kier alpha value is -0.770. The van der Waals surface area contributed by atoms with Crippen LogP contribution in [0.15, 0.2) is 10.7 Å². The zero-order chi connectivity index (χ0) is 9.14. The van der Waals surface area contributed by atoms with Gasteiger partial charge in [0.05, 0.1) is 14.2 Å². The molecule has 1 heterocycles. The minimum atomic E-state index is 0.512. The molecule has 12 heavy (non-hydrogen) atoms. The number of hydrogen-bond acceptors (Lipinski definition) is 3. The van der Waals surface area contributed by atoms with Crippen molar-refractivity contribution in [3.63, 3.8) is 0 Å². The van der Waals surface area contributed by atoms with Gasteiger partial charge in [0, 0.05) is 16.2 Å². The highest BCUT2D eigenvalue weighted by molar-refractivity contribution is 9.10. The van der Waals surface area contributed by atoms with Crippen molar-refractivity contribution in [2.75, 3.05) is 14.2 Å². The highest BCUT2D eigenvalue weighted by Gasteiger charge is 2.10. The SMILES string of the molecule is COc1ncc(Br)c(C)c1OC. The van der Waals surface area contributed by atoms with Crippen molar-refractivity contribution in [2.24, 2.45) is 0 Å². The average molecular weight is 232 g/mol. The summed E-state index contributed by atoms with van der Waals surface area (Å²) in [6, 6.07) is 0. The van der Waals surface area contributed by atoms with E-state index in [0.717, 1.165) is 10.0 Å². The van der Waals surface area contributed by atoms with Gasteiger partial charge in [-0.2, -0.15) is 0 Å². The van der Waals surface area contributed by atoms with Crippen LogP contribution in [0, 0.1) is 6.92 Å². The van der Waals surface area contributed by atoms with Crippen molar-refractivity contribution in [3.05, 3.63) is 16.2 Å². The van der Waals surface area contributed by atoms with E-state index in [1.54, 1.807) is 20.4 Å². The van der Waals surface area contributed by atoms with Crippen molar-refractivity contribution in [3.8, 4) is 11.6 Å². The van der Waals surface area contributed by atoms with E-state index < -0.39 is 0 Å². The highest BCUT2D eigenvalue weighted by atomic mass is 79.9. The first kappa shape index (κ1) is 9.32. The normalized spacial score (nSPS) is 9.67. The van der Waals surface area contributed by atoms with Crippen LogP contribution < -0.4 is 9.47 Å². The van der Waals surface area contributed by atoms with Crippen LogP contribution in [-0.2, 0) is 0 Å². The molecule has 0 unspecified atom stereocenters. The van der Waals surface area contributed by atoms with Crippen LogP contribution >= 0.6 is 15.9 Å². The molecule has 66 valence electrons. The lowest BCUT2D eigenvalue weighted by atomic mass is 10.3. The van der Waals surface area contributed by atoms with Crippen LogP contribution in [0.1, 0.15) is 5.56 Å². The fourth-order valence-corrected chi connectivity index (χ4v) is 1.21. The Morgan fingerprint density at radius 3 is 2.50 bits per heavy atom. The van der Waals surface area contributed by atoms with Gasteiger partial charge in [0.1, 0.15) is 0 Å². The Kier molecular flexibility index (Phi) is 2.92. The summed E-state index contributed by atoms with van der Waals surface area (Å²) >= 11 is 3.35. The minimum Gasteiger partial charge on any atom is -0.491 e. The first-order valence-corrected chi connectivity index (χ1v) is 4.23. The largest absolute Gasteiger partial charge is 0.491 e. The summed E-state index contributed by atoms with van der Waals surface area (Å²) in [6.07, 6.45) is 1.69. The number of nitrogens with zero attached hydrogens (tertiary/aromatic N) is 1. The second-order valence-electron chi connectivity index (χ2n) is 2.27. The van der Waals surface area contributed by atoms with Crippen LogP contribution in [0.5, 0.6) is 11.6 Å². The molecule has 0 aliphatic carbocycles. The standard InChI is InChI=1S/C8H10BrNO2/c1-5-6(9)4-10-8(12-3)7(5)11-2/h4H,1-3H3. The summed E-state index contributed by atoms with van der Waals surface area (Å²) in [4.78, 5) is 4.03. The van der Waals surface area contributed by atoms with Gasteiger partial charge in [-0.3, -0.25) is 0 Å². The number of methoxy groups -OCH3 is 2. The third-order valence-electron chi connectivity index (χ3n) is 1.59. The maximum Gasteiger partial charge on any atom is 0.257 e. The van der Waals surface area contributed by atoms with Crippen LogP contribution in [-0.4, -0.2) is 19.2 Å². The maximum absolute atomic E-state index is 5.13. The molecule has 0 fully saturated rings. The molecule has 0 saturated carbocycles. The molecule has 1 rings (SSSR count). The van der Waals surface area contributed by atoms with Crippen molar-refractivity contribution in [1.29, 1.82) is 0 Å². The van der Waals surface area contributed by atoms with Gasteiger partial charge in [0.2, 0.25) is 0 Å². The zero-order valence-electron chi connectivity index (χ0n) is 7.22. The predicted molar refractivity (Wildman–Crippen MR) is 49.8 cm³/mol. The van der Waals surface area contributed by atoms with Gasteiger partial charge in [-0.1, -0.05) is 0 Å². The smallest absolute Gasteiger partial charge is 0.257 e. The number of rotatable bonds is 2. The minimum absolute atomic E-state index is 0.512. The zero-order valence-corrected chi connectivity index (χ0v) is 8.81. The number of ether oxygens (including phenoxy) is 2. The second kappa shape index (κ2) is 3.76. The van der Waals surface area contributed by atoms with E-state index in [1.165, 1.54) is 0 Å². The van der Waals surface area contributed by atoms with Crippen LogP contribution in [0.2, 0.25) is 0 Å². The van der Waals surface area contributed by atoms with Gasteiger partial charge in [-0.15, -0.1) is 0 Å². The predicted octanol–water partition coefficient (Wildman–Crippen LogP) is 2.17. The number of hydrogen-bond donors (Lipinski definition) is 0. The molecule has 0 amide bonds. The number of halogens is 1. The van der Waals surface area contributed by atoms with Gasteiger partial charge in [-0.05, 0) is 22.9 Å². The van der Waals surface area contributed by atoms with E-state index in [0.29, 0.717) is 11.6 Å². The van der Waals surface area contributed by atoms with E-state index in [2.05, 4.69) is 20.9 Å². The molecule has 1 aromatic rings. The first-order valence-electron chi connectivity index (χ1n) is 3.43. The molecular formula is C8H10BrNO2. The van der Waals surface area contributed by atoms with Crippen LogP contribution in [0.25, 0.3) is 0 Å². The monoisotopic (exact) mass is 231 g/mol. The van der Waals surface area contributed by atoms with Crippen molar-refractivity contribution in [1.82, 2.24) is 4.98 Å². The van der Waals surface area contributed by atoms with Crippen molar-refractivity contribution < 1.29 is 9.47 Å².